The van der Waals surface area contributed by atoms with Gasteiger partial charge in [-0.1, -0.05) is 0 Å². The van der Waals surface area contributed by atoms with Gasteiger partial charge in [0.1, 0.15) is 40.5 Å². The van der Waals surface area contributed by atoms with Crippen molar-refractivity contribution >= 4 is 15.8 Å². The van der Waals surface area contributed by atoms with Crippen LogP contribution in [-0.2, 0) is 23.6 Å². The Morgan fingerprint density at radius 3 is 2.44 bits per heavy atom. The van der Waals surface area contributed by atoms with Crippen LogP contribution in [0.15, 0.2) is 66.1 Å². The van der Waals surface area contributed by atoms with Gasteiger partial charge in [-0.25, -0.2) is 40.3 Å². The summed E-state index contributed by atoms with van der Waals surface area (Å²) < 4.78 is 106. The first-order valence-electron chi connectivity index (χ1n) is 12.9. The van der Waals surface area contributed by atoms with Gasteiger partial charge in [0, 0.05) is 73.7 Å². The zero-order valence-electron chi connectivity index (χ0n) is 23.2. The van der Waals surface area contributed by atoms with E-state index < -0.39 is 63.1 Å². The Labute approximate surface area is 244 Å². The average molecular weight is 622 g/mol. The highest BCUT2D eigenvalue weighted by Crippen LogP contribution is 2.46. The first-order chi connectivity index (χ1) is 20.4. The molecule has 1 aliphatic rings. The molecule has 1 saturated carbocycles. The molecule has 2 aromatic heterocycles. The van der Waals surface area contributed by atoms with Gasteiger partial charge in [0.15, 0.2) is 11.6 Å². The number of aromatic nitrogens is 4. The van der Waals surface area contributed by atoms with E-state index in [0.29, 0.717) is 29.1 Å². The first-order valence-corrected chi connectivity index (χ1v) is 14.4. The summed E-state index contributed by atoms with van der Waals surface area (Å²) in [7, 11) is -0.393. The number of ether oxygens (including phenoxy) is 3. The second-order valence-corrected chi connectivity index (χ2v) is 11.7. The van der Waals surface area contributed by atoms with Gasteiger partial charge < -0.3 is 14.2 Å². The summed E-state index contributed by atoms with van der Waals surface area (Å²) in [4.78, 5) is 6.78. The van der Waals surface area contributed by atoms with Gasteiger partial charge in [-0.2, -0.15) is 5.10 Å². The van der Waals surface area contributed by atoms with Gasteiger partial charge in [-0.05, 0) is 18.2 Å². The summed E-state index contributed by atoms with van der Waals surface area (Å²) in [6.07, 6.45) is 1.30. The number of anilines is 1. The smallest absolute Gasteiger partial charge is 0.268 e. The van der Waals surface area contributed by atoms with Crippen LogP contribution in [0.2, 0.25) is 0 Å². The Balaban J connectivity index is 1.50. The van der Waals surface area contributed by atoms with Crippen molar-refractivity contribution < 1.29 is 40.2 Å². The lowest BCUT2D eigenvalue weighted by atomic mass is 10.0. The molecular formula is C28H27F4N5O5S. The van der Waals surface area contributed by atoms with Crippen molar-refractivity contribution in [3.8, 4) is 17.2 Å². The van der Waals surface area contributed by atoms with Crippen LogP contribution in [0.1, 0.15) is 30.0 Å². The third kappa shape index (κ3) is 6.07. The summed E-state index contributed by atoms with van der Waals surface area (Å²) in [5.41, 5.74) is 0.811. The normalized spacial score (nSPS) is 17.9. The maximum absolute atomic E-state index is 15.6. The molecule has 2 aromatic carbocycles. The Morgan fingerprint density at radius 1 is 1.00 bits per heavy atom. The van der Waals surface area contributed by atoms with Crippen LogP contribution in [0, 0.1) is 11.6 Å². The van der Waals surface area contributed by atoms with Crippen LogP contribution in [0.5, 0.6) is 17.2 Å². The minimum absolute atomic E-state index is 0.125. The summed E-state index contributed by atoms with van der Waals surface area (Å²) in [5.74, 6) is -6.66. The number of hydrogen-bond donors (Lipinski definition) is 0. The maximum Gasteiger partial charge on any atom is 0.268 e. The molecule has 0 N–H and O–H groups in total. The van der Waals surface area contributed by atoms with Crippen LogP contribution in [-0.4, -0.2) is 54.4 Å². The van der Waals surface area contributed by atoms with Gasteiger partial charge in [-0.3, -0.25) is 4.68 Å². The molecule has 0 saturated heterocycles. The Morgan fingerprint density at radius 2 is 1.79 bits per heavy atom. The highest BCUT2D eigenvalue weighted by atomic mass is 32.2. The molecular weight excluding hydrogens is 594 g/mol. The number of sulfonamides is 1. The molecule has 0 spiro atoms. The summed E-state index contributed by atoms with van der Waals surface area (Å²) in [6.45, 7) is -0.380. The lowest BCUT2D eigenvalue weighted by Crippen LogP contribution is -2.32. The second kappa shape index (κ2) is 11.7. The second-order valence-electron chi connectivity index (χ2n) is 9.88. The molecule has 2 heterocycles. The van der Waals surface area contributed by atoms with Crippen molar-refractivity contribution in [2.24, 2.45) is 7.05 Å². The third-order valence-electron chi connectivity index (χ3n) is 7.17. The number of benzene rings is 2. The van der Waals surface area contributed by atoms with E-state index in [0.717, 1.165) is 10.6 Å². The van der Waals surface area contributed by atoms with E-state index in [9.17, 15) is 17.2 Å². The zero-order valence-corrected chi connectivity index (χ0v) is 24.1. The van der Waals surface area contributed by atoms with Crippen molar-refractivity contribution in [2.45, 2.75) is 42.2 Å². The number of hydrogen-bond acceptors (Lipinski definition) is 8. The van der Waals surface area contributed by atoms with E-state index in [1.807, 2.05) is 0 Å². The molecule has 0 aliphatic heterocycles. The molecule has 10 nitrogen and oxygen atoms in total. The third-order valence-corrected chi connectivity index (χ3v) is 8.93. The van der Waals surface area contributed by atoms with Crippen LogP contribution in [0.4, 0.5) is 23.4 Å². The van der Waals surface area contributed by atoms with Gasteiger partial charge in [0.25, 0.3) is 15.9 Å². The standard InChI is InChI=1S/C28H27F4N5O5S/c1-36-22(6-9-35-36)19-13-28(31,32)14-25(19)42-24-11-21(30)26(12-20(24)29)43(38,39)37(27-7-8-33-16-34-27)15-17-4-5-18(40-2)10-23(17)41-3/h4-12,16,19,25H,13-15H2,1-3H3/t19-,25+/m1/s1. The highest BCUT2D eigenvalue weighted by molar-refractivity contribution is 7.92. The number of methoxy groups -OCH3 is 2. The number of alkyl halides is 2. The monoisotopic (exact) mass is 621 g/mol. The zero-order chi connectivity index (χ0) is 30.9. The van der Waals surface area contributed by atoms with Gasteiger partial charge >= 0.3 is 0 Å². The molecule has 4 aromatic rings. The topological polar surface area (TPSA) is 109 Å². The Kier molecular flexibility index (Phi) is 8.18. The fraction of sp³-hybridized carbons (Fsp3) is 0.321. The lowest BCUT2D eigenvalue weighted by Gasteiger charge is -2.25. The molecule has 228 valence electrons. The fourth-order valence-electron chi connectivity index (χ4n) is 5.08. The van der Waals surface area contributed by atoms with E-state index >= 15 is 8.78 Å². The SMILES string of the molecule is COc1ccc(CN(c2ccncn2)S(=O)(=O)c2cc(F)c(O[C@H]3CC(F)(F)C[C@@H]3c3ccnn3C)cc2F)c(OC)c1. The molecule has 0 radical (unpaired) electrons. The largest absolute Gasteiger partial charge is 0.497 e. The summed E-state index contributed by atoms with van der Waals surface area (Å²) in [6, 6.07) is 8.53. The number of nitrogens with zero attached hydrogens (tertiary/aromatic N) is 5. The molecule has 0 bridgehead atoms. The van der Waals surface area contributed by atoms with Crippen molar-refractivity contribution in [1.29, 1.82) is 0 Å². The van der Waals surface area contributed by atoms with E-state index in [-0.39, 0.29) is 18.1 Å². The summed E-state index contributed by atoms with van der Waals surface area (Å²) in [5, 5.41) is 4.00. The first kappa shape index (κ1) is 30.1. The molecule has 1 fully saturated rings. The molecule has 0 unspecified atom stereocenters. The maximum atomic E-state index is 15.6. The summed E-state index contributed by atoms with van der Waals surface area (Å²) >= 11 is 0. The van der Waals surface area contributed by atoms with Crippen molar-refractivity contribution in [3.05, 3.63) is 84.1 Å². The quantitative estimate of drug-likeness (QED) is 0.231. The van der Waals surface area contributed by atoms with Crippen molar-refractivity contribution in [2.75, 3.05) is 18.5 Å². The molecule has 1 aliphatic carbocycles. The average Bonchev–Trinajstić information content (AvgIpc) is 3.54. The highest BCUT2D eigenvalue weighted by Gasteiger charge is 2.49. The number of aryl methyl sites for hydroxylation is 1. The van der Waals surface area contributed by atoms with E-state index in [4.69, 9.17) is 14.2 Å². The van der Waals surface area contributed by atoms with E-state index in [2.05, 4.69) is 15.1 Å². The number of halogens is 4. The van der Waals surface area contributed by atoms with Crippen LogP contribution >= 0.6 is 0 Å². The molecule has 0 amide bonds. The lowest BCUT2D eigenvalue weighted by molar-refractivity contribution is -0.00166. The van der Waals surface area contributed by atoms with Crippen LogP contribution in [0.25, 0.3) is 0 Å². The van der Waals surface area contributed by atoms with Crippen molar-refractivity contribution in [1.82, 2.24) is 19.7 Å². The van der Waals surface area contributed by atoms with Crippen LogP contribution < -0.4 is 18.5 Å². The fourth-order valence-corrected chi connectivity index (χ4v) is 6.54. The van der Waals surface area contributed by atoms with Gasteiger partial charge in [0.2, 0.25) is 0 Å². The van der Waals surface area contributed by atoms with Gasteiger partial charge in [0.05, 0.1) is 20.8 Å². The predicted molar refractivity (Wildman–Crippen MR) is 146 cm³/mol. The molecule has 2 atom stereocenters. The van der Waals surface area contributed by atoms with E-state index in [1.54, 1.807) is 25.2 Å². The minimum atomic E-state index is -4.81. The molecule has 15 heteroatoms. The van der Waals surface area contributed by atoms with Crippen molar-refractivity contribution in [3.63, 3.8) is 0 Å². The molecule has 5 rings (SSSR count). The van der Waals surface area contributed by atoms with Gasteiger partial charge in [-0.15, -0.1) is 0 Å². The van der Waals surface area contributed by atoms with E-state index in [1.165, 1.54) is 43.4 Å². The molecule has 43 heavy (non-hydrogen) atoms. The number of rotatable bonds is 10. The Hall–Kier alpha value is -4.40. The predicted octanol–water partition coefficient (Wildman–Crippen LogP) is 4.86. The Bertz CT molecular complexity index is 1720. The minimum Gasteiger partial charge on any atom is -0.497 e. The van der Waals surface area contributed by atoms with Crippen LogP contribution in [0.3, 0.4) is 0 Å².